The van der Waals surface area contributed by atoms with Gasteiger partial charge in [0.2, 0.25) is 5.91 Å². The first-order chi connectivity index (χ1) is 12.2. The van der Waals surface area contributed by atoms with E-state index < -0.39 is 0 Å². The average Bonchev–Trinajstić information content (AvgIpc) is 3.35. The van der Waals surface area contributed by atoms with Gasteiger partial charge in [-0.05, 0) is 31.9 Å². The minimum absolute atomic E-state index is 0.0974. The van der Waals surface area contributed by atoms with Crippen molar-refractivity contribution in [2.45, 2.75) is 38.5 Å². The molecule has 130 valence electrons. The number of hydrogen-bond donors (Lipinski definition) is 1. The number of aromatic nitrogens is 4. The van der Waals surface area contributed by atoms with Gasteiger partial charge in [-0.2, -0.15) is 5.10 Å². The van der Waals surface area contributed by atoms with Gasteiger partial charge in [-0.15, -0.1) is 0 Å². The first-order valence-corrected chi connectivity index (χ1v) is 8.57. The first kappa shape index (κ1) is 15.8. The lowest BCUT2D eigenvalue weighted by Gasteiger charge is -2.13. The molecule has 3 heterocycles. The van der Waals surface area contributed by atoms with Crippen LogP contribution in [0.4, 0.5) is 5.69 Å². The molecule has 0 spiro atoms. The third-order valence-corrected chi connectivity index (χ3v) is 4.59. The van der Waals surface area contributed by atoms with E-state index in [9.17, 15) is 4.79 Å². The van der Waals surface area contributed by atoms with Crippen LogP contribution in [0.2, 0.25) is 0 Å². The molecular weight excluding hydrogens is 318 g/mol. The Morgan fingerprint density at radius 1 is 1.44 bits per heavy atom. The van der Waals surface area contributed by atoms with Gasteiger partial charge in [-0.25, -0.2) is 4.98 Å². The fourth-order valence-corrected chi connectivity index (χ4v) is 3.18. The normalized spacial score (nSPS) is 18.5. The molecule has 1 aromatic carbocycles. The van der Waals surface area contributed by atoms with Crippen molar-refractivity contribution in [1.82, 2.24) is 19.3 Å². The number of carbonyl (C=O) groups is 1. The van der Waals surface area contributed by atoms with Gasteiger partial charge in [0.1, 0.15) is 6.04 Å². The fourth-order valence-electron chi connectivity index (χ4n) is 3.18. The van der Waals surface area contributed by atoms with Gasteiger partial charge >= 0.3 is 0 Å². The molecule has 25 heavy (non-hydrogen) atoms. The molecule has 1 amide bonds. The van der Waals surface area contributed by atoms with E-state index in [1.54, 1.807) is 12.5 Å². The number of nitrogens with one attached hydrogen (secondary N) is 1. The van der Waals surface area contributed by atoms with Crippen molar-refractivity contribution in [3.8, 4) is 0 Å². The highest BCUT2D eigenvalue weighted by Crippen LogP contribution is 2.19. The summed E-state index contributed by atoms with van der Waals surface area (Å²) in [6, 6.07) is 7.42. The molecule has 4 rings (SSSR count). The van der Waals surface area contributed by atoms with Crippen LogP contribution in [-0.4, -0.2) is 37.9 Å². The van der Waals surface area contributed by atoms with Crippen LogP contribution in [0.25, 0.3) is 11.0 Å². The van der Waals surface area contributed by atoms with Crippen molar-refractivity contribution < 1.29 is 9.53 Å². The predicted octanol–water partition coefficient (Wildman–Crippen LogP) is 2.61. The second kappa shape index (κ2) is 6.68. The second-order valence-corrected chi connectivity index (χ2v) is 6.39. The molecule has 2 aromatic heterocycles. The zero-order chi connectivity index (χ0) is 17.2. The molecule has 1 aliphatic heterocycles. The maximum absolute atomic E-state index is 12.6. The Hall–Kier alpha value is -2.67. The zero-order valence-corrected chi connectivity index (χ0v) is 14.1. The highest BCUT2D eigenvalue weighted by atomic mass is 16.5. The van der Waals surface area contributed by atoms with E-state index in [0.29, 0.717) is 5.69 Å². The van der Waals surface area contributed by atoms with Crippen LogP contribution < -0.4 is 5.32 Å². The first-order valence-electron chi connectivity index (χ1n) is 8.57. The van der Waals surface area contributed by atoms with Crippen molar-refractivity contribution in [3.05, 3.63) is 43.0 Å². The number of rotatable bonds is 5. The molecule has 0 saturated carbocycles. The number of amides is 1. The predicted molar refractivity (Wildman–Crippen MR) is 94.3 cm³/mol. The Kier molecular flexibility index (Phi) is 4.23. The van der Waals surface area contributed by atoms with Gasteiger partial charge in [-0.3, -0.25) is 9.48 Å². The molecule has 1 saturated heterocycles. The number of fused-ring (bicyclic) bond motifs is 1. The minimum Gasteiger partial charge on any atom is -0.376 e. The summed E-state index contributed by atoms with van der Waals surface area (Å²) in [7, 11) is 0. The minimum atomic E-state index is -0.367. The van der Waals surface area contributed by atoms with Crippen LogP contribution in [0.15, 0.2) is 43.0 Å². The molecular formula is C18H21N5O2. The number of hydrogen-bond acceptors (Lipinski definition) is 4. The number of anilines is 1. The second-order valence-electron chi connectivity index (χ2n) is 6.39. The van der Waals surface area contributed by atoms with E-state index in [4.69, 9.17) is 4.74 Å². The van der Waals surface area contributed by atoms with Crippen molar-refractivity contribution in [1.29, 1.82) is 0 Å². The number of benzene rings is 1. The van der Waals surface area contributed by atoms with E-state index in [-0.39, 0.29) is 18.1 Å². The average molecular weight is 339 g/mol. The smallest absolute Gasteiger partial charge is 0.247 e. The van der Waals surface area contributed by atoms with Crippen molar-refractivity contribution in [2.75, 3.05) is 11.9 Å². The Bertz CT molecular complexity index is 878. The molecule has 7 nitrogen and oxygen atoms in total. The van der Waals surface area contributed by atoms with Gasteiger partial charge in [0.05, 0.1) is 41.9 Å². The number of para-hydroxylation sites is 2. The molecule has 2 atom stereocenters. The lowest BCUT2D eigenvalue weighted by atomic mass is 10.2. The van der Waals surface area contributed by atoms with E-state index in [1.807, 2.05) is 46.6 Å². The van der Waals surface area contributed by atoms with Gasteiger partial charge in [-0.1, -0.05) is 12.1 Å². The summed E-state index contributed by atoms with van der Waals surface area (Å²) in [5.74, 6) is -0.0974. The largest absolute Gasteiger partial charge is 0.376 e. The van der Waals surface area contributed by atoms with E-state index in [0.717, 1.165) is 37.0 Å². The Morgan fingerprint density at radius 3 is 3.16 bits per heavy atom. The van der Waals surface area contributed by atoms with Crippen LogP contribution in [0.1, 0.15) is 25.8 Å². The molecule has 1 N–H and O–H groups in total. The summed E-state index contributed by atoms with van der Waals surface area (Å²) < 4.78 is 9.32. The summed E-state index contributed by atoms with van der Waals surface area (Å²) in [5, 5.41) is 7.24. The van der Waals surface area contributed by atoms with E-state index in [2.05, 4.69) is 15.4 Å². The van der Waals surface area contributed by atoms with Crippen molar-refractivity contribution in [2.24, 2.45) is 0 Å². The Balaban J connectivity index is 1.43. The number of imidazole rings is 1. The van der Waals surface area contributed by atoms with E-state index in [1.165, 1.54) is 0 Å². The molecule has 0 aliphatic carbocycles. The Labute approximate surface area is 145 Å². The molecule has 2 unspecified atom stereocenters. The fraction of sp³-hybridized carbons (Fsp3) is 0.389. The lowest BCUT2D eigenvalue weighted by molar-refractivity contribution is -0.118. The van der Waals surface area contributed by atoms with E-state index >= 15 is 0 Å². The molecule has 7 heteroatoms. The van der Waals surface area contributed by atoms with Crippen LogP contribution in [0.3, 0.4) is 0 Å². The highest BCUT2D eigenvalue weighted by Gasteiger charge is 2.19. The van der Waals surface area contributed by atoms with Gasteiger partial charge < -0.3 is 14.6 Å². The van der Waals surface area contributed by atoms with Gasteiger partial charge in [0.15, 0.2) is 0 Å². The van der Waals surface area contributed by atoms with Gasteiger partial charge in [0, 0.05) is 12.8 Å². The van der Waals surface area contributed by atoms with Crippen molar-refractivity contribution in [3.63, 3.8) is 0 Å². The maximum atomic E-state index is 12.6. The molecule has 1 fully saturated rings. The number of nitrogens with zero attached hydrogens (tertiary/aromatic N) is 4. The number of ether oxygens (including phenoxy) is 1. The summed E-state index contributed by atoms with van der Waals surface area (Å²) in [6.45, 7) is 3.41. The monoisotopic (exact) mass is 339 g/mol. The topological polar surface area (TPSA) is 74.0 Å². The molecule has 0 radical (unpaired) electrons. The summed E-state index contributed by atoms with van der Waals surface area (Å²) >= 11 is 0. The standard InChI is InChI=1S/C18H21N5O2/c1-13(23-12-19-16-6-2-3-7-17(16)23)18(24)21-14-9-20-22(10-14)11-15-5-4-8-25-15/h2-3,6-7,9-10,12-13,15H,4-5,8,11H2,1H3,(H,21,24). The third-order valence-electron chi connectivity index (χ3n) is 4.59. The SMILES string of the molecule is CC(C(=O)Nc1cnn(CC2CCCO2)c1)n1cnc2ccccc21. The van der Waals surface area contributed by atoms with Crippen LogP contribution in [0.5, 0.6) is 0 Å². The lowest BCUT2D eigenvalue weighted by Crippen LogP contribution is -2.23. The molecule has 0 bridgehead atoms. The van der Waals surface area contributed by atoms with Crippen LogP contribution in [0, 0.1) is 0 Å². The quantitative estimate of drug-likeness (QED) is 0.775. The van der Waals surface area contributed by atoms with Gasteiger partial charge in [0.25, 0.3) is 0 Å². The third kappa shape index (κ3) is 3.28. The summed E-state index contributed by atoms with van der Waals surface area (Å²) in [4.78, 5) is 16.9. The maximum Gasteiger partial charge on any atom is 0.247 e. The highest BCUT2D eigenvalue weighted by molar-refractivity contribution is 5.94. The van der Waals surface area contributed by atoms with Crippen molar-refractivity contribution >= 4 is 22.6 Å². The zero-order valence-electron chi connectivity index (χ0n) is 14.1. The summed E-state index contributed by atoms with van der Waals surface area (Å²) in [5.41, 5.74) is 2.52. The molecule has 1 aliphatic rings. The number of carbonyl (C=O) groups excluding carboxylic acids is 1. The van der Waals surface area contributed by atoms with Crippen LogP contribution in [-0.2, 0) is 16.1 Å². The molecule has 3 aromatic rings. The van der Waals surface area contributed by atoms with Crippen LogP contribution >= 0.6 is 0 Å². The Morgan fingerprint density at radius 2 is 2.32 bits per heavy atom. The summed E-state index contributed by atoms with van der Waals surface area (Å²) in [6.07, 6.45) is 7.61.